The fraction of sp³-hybridized carbons (Fsp3) is 0.105. The standard InChI is InChI=1S/C19H17NOSi.Al/c1-22(2)16-10-6-9-15(21)18(16)19-17(22)11-14(12-20-19)13-7-4-3-5-8-13;/h3-12,21H,1-2H3;/q;+1/p-1. The number of hydrogen-bond acceptors (Lipinski definition) is 2. The number of fused-ring (bicyclic) bond motifs is 3. The van der Waals surface area contributed by atoms with Crippen LogP contribution in [0, 0.1) is 0 Å². The Bertz CT molecular complexity index is 893. The van der Waals surface area contributed by atoms with E-state index >= 15 is 0 Å². The lowest BCUT2D eigenvalue weighted by Crippen LogP contribution is -2.49. The molecule has 0 saturated heterocycles. The lowest BCUT2D eigenvalue weighted by molar-refractivity contribution is 0.619. The van der Waals surface area contributed by atoms with Gasteiger partial charge in [0.1, 0.15) is 8.07 Å². The Morgan fingerprint density at radius 1 is 0.913 bits per heavy atom. The van der Waals surface area contributed by atoms with Crippen molar-refractivity contribution in [1.29, 1.82) is 0 Å². The quantitative estimate of drug-likeness (QED) is 0.674. The maximum Gasteiger partial charge on any atom is 0.482 e. The van der Waals surface area contributed by atoms with Crippen LogP contribution in [0.2, 0.25) is 13.1 Å². The Labute approximate surface area is 145 Å². The van der Waals surface area contributed by atoms with Crippen LogP contribution in [0.5, 0.6) is 5.75 Å². The van der Waals surface area contributed by atoms with E-state index in [9.17, 15) is 0 Å². The Morgan fingerprint density at radius 3 is 2.43 bits per heavy atom. The van der Waals surface area contributed by atoms with E-state index in [0.717, 1.165) is 11.4 Å². The normalized spacial score (nSPS) is 14.2. The Balaban J connectivity index is 1.96. The number of nitrogens with zero attached hydrogens (tertiary/aromatic N) is 1. The van der Waals surface area contributed by atoms with Crippen molar-refractivity contribution in [2.75, 3.05) is 0 Å². The monoisotopic (exact) mass is 329 g/mol. The number of pyridine rings is 1. The van der Waals surface area contributed by atoms with Crippen molar-refractivity contribution in [3.05, 3.63) is 60.8 Å². The average Bonchev–Trinajstić information content (AvgIpc) is 2.83. The highest BCUT2D eigenvalue weighted by Crippen LogP contribution is 2.34. The predicted octanol–water partition coefficient (Wildman–Crippen LogP) is 3.01. The molecule has 3 aromatic rings. The molecule has 2 radical (unpaired) electrons. The third kappa shape index (κ3) is 2.18. The molecule has 23 heavy (non-hydrogen) atoms. The summed E-state index contributed by atoms with van der Waals surface area (Å²) in [4.78, 5) is 4.83. The summed E-state index contributed by atoms with van der Waals surface area (Å²) in [6.07, 6.45) is 1.98. The van der Waals surface area contributed by atoms with Gasteiger partial charge in [0, 0.05) is 11.8 Å². The molecule has 0 aliphatic carbocycles. The molecule has 0 unspecified atom stereocenters. The van der Waals surface area contributed by atoms with Crippen LogP contribution < -0.4 is 14.2 Å². The minimum Gasteiger partial charge on any atom is -0.653 e. The van der Waals surface area contributed by atoms with E-state index in [1.54, 1.807) is 0 Å². The second-order valence-electron chi connectivity index (χ2n) is 6.41. The van der Waals surface area contributed by atoms with Gasteiger partial charge in [-0.25, -0.2) is 0 Å². The summed E-state index contributed by atoms with van der Waals surface area (Å²) in [6, 6.07) is 19.1. The second kappa shape index (κ2) is 5.35. The van der Waals surface area contributed by atoms with Gasteiger partial charge in [-0.15, -0.1) is 0 Å². The van der Waals surface area contributed by atoms with Gasteiger partial charge in [-0.05, 0) is 27.6 Å². The van der Waals surface area contributed by atoms with Gasteiger partial charge < -0.3 is 3.79 Å². The first-order valence-electron chi connectivity index (χ1n) is 7.69. The molecule has 0 N–H and O–H groups in total. The molecular weight excluding hydrogens is 313 g/mol. The van der Waals surface area contributed by atoms with Crippen LogP contribution in [0.4, 0.5) is 0 Å². The maximum absolute atomic E-state index is 5.52. The summed E-state index contributed by atoms with van der Waals surface area (Å²) in [6.45, 7) is 4.78. The Morgan fingerprint density at radius 2 is 1.70 bits per heavy atom. The van der Waals surface area contributed by atoms with Crippen LogP contribution in [0.3, 0.4) is 0 Å². The van der Waals surface area contributed by atoms with Crippen LogP contribution in [0.1, 0.15) is 0 Å². The van der Waals surface area contributed by atoms with Gasteiger partial charge >= 0.3 is 16.6 Å². The van der Waals surface area contributed by atoms with Gasteiger partial charge in [0.2, 0.25) is 0 Å². The first-order chi connectivity index (χ1) is 11.1. The topological polar surface area (TPSA) is 22.1 Å². The van der Waals surface area contributed by atoms with Gasteiger partial charge in [0.15, 0.2) is 0 Å². The number of benzene rings is 2. The van der Waals surface area contributed by atoms with E-state index < -0.39 is 8.07 Å². The Hall–Kier alpha value is -1.86. The lowest BCUT2D eigenvalue weighted by Gasteiger charge is -2.19. The third-order valence-electron chi connectivity index (χ3n) is 4.73. The van der Waals surface area contributed by atoms with E-state index in [2.05, 4.69) is 72.2 Å². The zero-order chi connectivity index (χ0) is 16.0. The molecule has 2 nitrogen and oxygen atoms in total. The Kier molecular flexibility index (Phi) is 3.42. The largest absolute Gasteiger partial charge is 0.653 e. The lowest BCUT2D eigenvalue weighted by atomic mass is 10.1. The molecule has 110 valence electrons. The van der Waals surface area contributed by atoms with Crippen LogP contribution in [-0.4, -0.2) is 29.7 Å². The fourth-order valence-electron chi connectivity index (χ4n) is 3.47. The highest BCUT2D eigenvalue weighted by atomic mass is 28.3. The molecule has 1 aromatic heterocycles. The summed E-state index contributed by atoms with van der Waals surface area (Å²) in [5, 5.41) is 2.80. The van der Waals surface area contributed by atoms with E-state index in [-0.39, 0.29) is 0 Å². The minimum atomic E-state index is -1.75. The first kappa shape index (κ1) is 14.7. The van der Waals surface area contributed by atoms with E-state index in [1.165, 1.54) is 27.1 Å². The highest BCUT2D eigenvalue weighted by molar-refractivity contribution is 7.03. The van der Waals surface area contributed by atoms with Crippen molar-refractivity contribution in [3.8, 4) is 28.1 Å². The molecule has 0 atom stereocenters. The van der Waals surface area contributed by atoms with Crippen molar-refractivity contribution in [1.82, 2.24) is 4.98 Å². The first-order valence-corrected chi connectivity index (χ1v) is 11.2. The molecule has 2 aromatic carbocycles. The molecule has 0 saturated carbocycles. The number of aromatic nitrogens is 1. The average molecular weight is 329 g/mol. The molecule has 0 fully saturated rings. The van der Waals surface area contributed by atoms with E-state index in [4.69, 9.17) is 8.77 Å². The zero-order valence-corrected chi connectivity index (χ0v) is 15.4. The molecule has 2 heterocycles. The fourth-order valence-corrected chi connectivity index (χ4v) is 6.63. The molecule has 1 aliphatic rings. The minimum absolute atomic E-state index is 0.895. The summed E-state index contributed by atoms with van der Waals surface area (Å²) in [5.41, 5.74) is 4.67. The second-order valence-corrected chi connectivity index (χ2v) is 11.0. The van der Waals surface area contributed by atoms with Gasteiger partial charge in [-0.3, -0.25) is 4.98 Å². The SMILES string of the molecule is C[Si]1(C)c2cc(-c3ccccc3)cnc2-c2c([O][Al])cccc21. The van der Waals surface area contributed by atoms with Gasteiger partial charge in [-0.1, -0.05) is 61.6 Å². The molecule has 0 bridgehead atoms. The molecule has 4 heteroatoms. The molecule has 0 amide bonds. The highest BCUT2D eigenvalue weighted by Gasteiger charge is 2.40. The van der Waals surface area contributed by atoms with Crippen molar-refractivity contribution >= 4 is 35.1 Å². The van der Waals surface area contributed by atoms with E-state index in [1.807, 2.05) is 18.3 Å². The smallest absolute Gasteiger partial charge is 0.482 e. The van der Waals surface area contributed by atoms with Gasteiger partial charge in [0.05, 0.1) is 11.4 Å². The predicted molar refractivity (Wildman–Crippen MR) is 98.2 cm³/mol. The molecule has 4 rings (SSSR count). The molecule has 0 spiro atoms. The van der Waals surface area contributed by atoms with Crippen LogP contribution in [-0.2, 0) is 0 Å². The summed E-state index contributed by atoms with van der Waals surface area (Å²) in [7, 11) is -1.75. The van der Waals surface area contributed by atoms with Crippen molar-refractivity contribution in [2.45, 2.75) is 13.1 Å². The molecule has 1 aliphatic heterocycles. The zero-order valence-electron chi connectivity index (χ0n) is 13.2. The third-order valence-corrected chi connectivity index (χ3v) is 8.48. The van der Waals surface area contributed by atoms with Crippen LogP contribution in [0.15, 0.2) is 60.8 Å². The van der Waals surface area contributed by atoms with Crippen molar-refractivity contribution in [2.24, 2.45) is 0 Å². The number of rotatable bonds is 2. The maximum atomic E-state index is 5.52. The molecular formula is C19H16AlNOSi. The van der Waals surface area contributed by atoms with Gasteiger partial charge in [-0.2, -0.15) is 0 Å². The van der Waals surface area contributed by atoms with Crippen molar-refractivity contribution in [3.63, 3.8) is 0 Å². The summed E-state index contributed by atoms with van der Waals surface area (Å²) < 4.78 is 5.52. The van der Waals surface area contributed by atoms with Gasteiger partial charge in [0.25, 0.3) is 0 Å². The number of hydrogen-bond donors (Lipinski definition) is 0. The van der Waals surface area contributed by atoms with Crippen molar-refractivity contribution < 1.29 is 3.79 Å². The summed E-state index contributed by atoms with van der Waals surface area (Å²) in [5.74, 6) is 0.895. The van der Waals surface area contributed by atoms with Crippen LogP contribution >= 0.6 is 0 Å². The van der Waals surface area contributed by atoms with E-state index in [0.29, 0.717) is 0 Å². The summed E-state index contributed by atoms with van der Waals surface area (Å²) >= 11 is 2.36. The van der Waals surface area contributed by atoms with Crippen LogP contribution in [0.25, 0.3) is 22.4 Å².